The van der Waals surface area contributed by atoms with Crippen LogP contribution in [0, 0.1) is 11.3 Å². The first-order valence-corrected chi connectivity index (χ1v) is 10.6. The maximum absolute atomic E-state index is 12.7. The third-order valence-electron chi connectivity index (χ3n) is 5.27. The highest BCUT2D eigenvalue weighted by Crippen LogP contribution is 2.41. The molecule has 0 saturated heterocycles. The number of carbonyl (C=O) groups is 3. The fourth-order valence-corrected chi connectivity index (χ4v) is 3.65. The van der Waals surface area contributed by atoms with Crippen molar-refractivity contribution in [1.82, 2.24) is 0 Å². The summed E-state index contributed by atoms with van der Waals surface area (Å²) in [5, 5.41) is 15.2. The summed E-state index contributed by atoms with van der Waals surface area (Å²) in [6.07, 6.45) is -0.407. The van der Waals surface area contributed by atoms with E-state index >= 15 is 0 Å². The first-order valence-electron chi connectivity index (χ1n) is 10.6. The number of urea groups is 1. The van der Waals surface area contributed by atoms with Crippen molar-refractivity contribution in [3.8, 4) is 11.8 Å². The number of nitriles is 1. The molecule has 0 spiro atoms. The van der Waals surface area contributed by atoms with Crippen LogP contribution in [0.15, 0.2) is 71.3 Å². The van der Waals surface area contributed by atoms with Crippen LogP contribution in [0.25, 0.3) is 0 Å². The van der Waals surface area contributed by atoms with E-state index in [-0.39, 0.29) is 22.8 Å². The predicted octanol–water partition coefficient (Wildman–Crippen LogP) is 3.14. The monoisotopic (exact) mass is 492 g/mol. The Labute approximate surface area is 207 Å². The molecule has 3 rings (SSSR count). The number of nitrogens with two attached hydrogens (primary N) is 1. The lowest BCUT2D eigenvalue weighted by molar-refractivity contribution is -0.140. The van der Waals surface area contributed by atoms with Crippen molar-refractivity contribution < 1.29 is 33.3 Å². The second kappa shape index (κ2) is 11.4. The molecule has 186 valence electrons. The number of hydrogen-bond acceptors (Lipinski definition) is 9. The van der Waals surface area contributed by atoms with Gasteiger partial charge in [0.15, 0.2) is 0 Å². The molecule has 1 aliphatic rings. The molecule has 0 bridgehead atoms. The van der Waals surface area contributed by atoms with Crippen molar-refractivity contribution >= 4 is 29.3 Å². The summed E-state index contributed by atoms with van der Waals surface area (Å²) >= 11 is 0. The molecule has 0 fully saturated rings. The molecule has 0 aromatic heterocycles. The van der Waals surface area contributed by atoms with E-state index < -0.39 is 30.3 Å². The fourth-order valence-electron chi connectivity index (χ4n) is 3.65. The quantitative estimate of drug-likeness (QED) is 0.493. The predicted molar refractivity (Wildman–Crippen MR) is 128 cm³/mol. The average Bonchev–Trinajstić information content (AvgIpc) is 2.88. The molecule has 1 atom stereocenters. The number of nitrogens with zero attached hydrogens (tertiary/aromatic N) is 1. The second-order valence-electron chi connectivity index (χ2n) is 7.41. The molecule has 0 aliphatic carbocycles. The molecule has 11 heteroatoms. The number of para-hydroxylation sites is 2. The maximum atomic E-state index is 12.7. The van der Waals surface area contributed by atoms with Gasteiger partial charge in [0.1, 0.15) is 29.6 Å². The van der Waals surface area contributed by atoms with Crippen LogP contribution in [-0.2, 0) is 23.8 Å². The number of anilines is 2. The Bertz CT molecular complexity index is 1290. The van der Waals surface area contributed by atoms with E-state index in [4.69, 9.17) is 19.9 Å². The van der Waals surface area contributed by atoms with Gasteiger partial charge in [0, 0.05) is 5.69 Å². The zero-order valence-electron chi connectivity index (χ0n) is 19.8. The molecule has 1 heterocycles. The van der Waals surface area contributed by atoms with Crippen LogP contribution in [0.2, 0.25) is 0 Å². The van der Waals surface area contributed by atoms with E-state index in [1.54, 1.807) is 48.5 Å². The van der Waals surface area contributed by atoms with Crippen molar-refractivity contribution in [2.45, 2.75) is 12.3 Å². The van der Waals surface area contributed by atoms with Crippen LogP contribution in [0.5, 0.6) is 5.75 Å². The Hall–Kier alpha value is -4.98. The zero-order chi connectivity index (χ0) is 26.2. The lowest BCUT2D eigenvalue weighted by atomic mass is 9.82. The van der Waals surface area contributed by atoms with Crippen molar-refractivity contribution in [1.29, 1.82) is 5.26 Å². The first-order chi connectivity index (χ1) is 17.3. The standard InChI is InChI=1S/C25H24N4O7/c1-33-18-10-5-4-9-17(18)29-25(32)28-15-8-6-7-14(11-15)21-16(13-26)23(27)36-19(12-20(30)34-2)22(21)24(31)35-3/h4-11,21H,12,27H2,1-3H3,(H2,28,29,32). The van der Waals surface area contributed by atoms with Gasteiger partial charge >= 0.3 is 18.0 Å². The van der Waals surface area contributed by atoms with E-state index in [1.165, 1.54) is 14.2 Å². The minimum Gasteiger partial charge on any atom is -0.495 e. The Morgan fingerprint density at radius 1 is 1.06 bits per heavy atom. The Morgan fingerprint density at radius 3 is 2.47 bits per heavy atom. The number of hydrogen-bond donors (Lipinski definition) is 3. The van der Waals surface area contributed by atoms with Crippen LogP contribution < -0.4 is 21.1 Å². The number of nitrogens with one attached hydrogen (secondary N) is 2. The lowest BCUT2D eigenvalue weighted by Crippen LogP contribution is -2.27. The summed E-state index contributed by atoms with van der Waals surface area (Å²) in [5.41, 5.74) is 7.08. The summed E-state index contributed by atoms with van der Waals surface area (Å²) in [5.74, 6) is -2.39. The van der Waals surface area contributed by atoms with Gasteiger partial charge in [-0.15, -0.1) is 0 Å². The van der Waals surface area contributed by atoms with Gasteiger partial charge in [-0.3, -0.25) is 4.79 Å². The number of carbonyl (C=O) groups excluding carboxylic acids is 3. The first kappa shape index (κ1) is 25.6. The smallest absolute Gasteiger partial charge is 0.338 e. The van der Waals surface area contributed by atoms with Gasteiger partial charge in [-0.05, 0) is 29.8 Å². The van der Waals surface area contributed by atoms with E-state index in [9.17, 15) is 19.6 Å². The largest absolute Gasteiger partial charge is 0.495 e. The number of methoxy groups -OCH3 is 3. The molecule has 0 radical (unpaired) electrons. The van der Waals surface area contributed by atoms with Crippen LogP contribution in [0.1, 0.15) is 17.9 Å². The molecule has 11 nitrogen and oxygen atoms in total. The van der Waals surface area contributed by atoms with E-state index in [0.717, 1.165) is 7.11 Å². The van der Waals surface area contributed by atoms with E-state index in [2.05, 4.69) is 15.4 Å². The van der Waals surface area contributed by atoms with Crippen LogP contribution >= 0.6 is 0 Å². The Kier molecular flexibility index (Phi) is 8.14. The number of benzene rings is 2. The molecule has 1 aliphatic heterocycles. The maximum Gasteiger partial charge on any atom is 0.338 e. The number of allylic oxidation sites excluding steroid dienone is 1. The minimum atomic E-state index is -1.02. The molecule has 36 heavy (non-hydrogen) atoms. The van der Waals surface area contributed by atoms with Crippen molar-refractivity contribution in [3.05, 3.63) is 76.9 Å². The summed E-state index contributed by atoms with van der Waals surface area (Å²) in [6, 6.07) is 14.8. The molecule has 0 saturated carbocycles. The van der Waals surface area contributed by atoms with Crippen molar-refractivity contribution in [2.75, 3.05) is 32.0 Å². The Balaban J connectivity index is 1.98. The van der Waals surface area contributed by atoms with Gasteiger partial charge in [0.25, 0.3) is 0 Å². The van der Waals surface area contributed by atoms with Gasteiger partial charge < -0.3 is 35.3 Å². The molecule has 2 aromatic rings. The molecule has 2 amide bonds. The average molecular weight is 492 g/mol. The normalized spacial score (nSPS) is 14.8. The highest BCUT2D eigenvalue weighted by molar-refractivity contribution is 6.01. The lowest BCUT2D eigenvalue weighted by Gasteiger charge is -2.27. The van der Waals surface area contributed by atoms with Gasteiger partial charge in [-0.25, -0.2) is 9.59 Å². The number of amides is 2. The third-order valence-corrected chi connectivity index (χ3v) is 5.27. The van der Waals surface area contributed by atoms with Gasteiger partial charge in [-0.1, -0.05) is 24.3 Å². The summed E-state index contributed by atoms with van der Waals surface area (Å²) in [7, 11) is 3.84. The number of esters is 2. The summed E-state index contributed by atoms with van der Waals surface area (Å²) in [4.78, 5) is 37.3. The number of rotatable bonds is 7. The van der Waals surface area contributed by atoms with Crippen LogP contribution in [0.3, 0.4) is 0 Å². The molecular weight excluding hydrogens is 468 g/mol. The van der Waals surface area contributed by atoms with Gasteiger partial charge in [-0.2, -0.15) is 5.26 Å². The van der Waals surface area contributed by atoms with Crippen LogP contribution in [-0.4, -0.2) is 39.3 Å². The second-order valence-corrected chi connectivity index (χ2v) is 7.41. The van der Waals surface area contributed by atoms with E-state index in [1.807, 2.05) is 6.07 Å². The van der Waals surface area contributed by atoms with Crippen molar-refractivity contribution in [3.63, 3.8) is 0 Å². The van der Waals surface area contributed by atoms with E-state index in [0.29, 0.717) is 22.7 Å². The fraction of sp³-hybridized carbons (Fsp3) is 0.200. The third kappa shape index (κ3) is 5.56. The van der Waals surface area contributed by atoms with Gasteiger partial charge in [0.05, 0.1) is 38.5 Å². The molecule has 4 N–H and O–H groups in total. The summed E-state index contributed by atoms with van der Waals surface area (Å²) in [6.45, 7) is 0. The summed E-state index contributed by atoms with van der Waals surface area (Å²) < 4.78 is 20.3. The molecule has 1 unspecified atom stereocenters. The SMILES string of the molecule is COC(=O)CC1=C(C(=O)OC)C(c2cccc(NC(=O)Nc3ccccc3OC)c2)C(C#N)=C(N)O1. The Morgan fingerprint density at radius 2 is 1.81 bits per heavy atom. The minimum absolute atomic E-state index is 0.0559. The van der Waals surface area contributed by atoms with Crippen LogP contribution in [0.4, 0.5) is 16.2 Å². The highest BCUT2D eigenvalue weighted by atomic mass is 16.5. The molecule has 2 aromatic carbocycles. The van der Waals surface area contributed by atoms with Gasteiger partial charge in [0.2, 0.25) is 5.88 Å². The topological polar surface area (TPSA) is 162 Å². The van der Waals surface area contributed by atoms with Crippen molar-refractivity contribution in [2.24, 2.45) is 5.73 Å². The number of ether oxygens (including phenoxy) is 4. The zero-order valence-corrected chi connectivity index (χ0v) is 19.8. The molecular formula is C25H24N4O7. The highest BCUT2D eigenvalue weighted by Gasteiger charge is 2.38.